The van der Waals surface area contributed by atoms with Gasteiger partial charge in [0, 0.05) is 18.8 Å². The van der Waals surface area contributed by atoms with Crippen LogP contribution in [-0.4, -0.2) is 29.0 Å². The molecule has 1 unspecified atom stereocenters. The van der Waals surface area contributed by atoms with Crippen molar-refractivity contribution in [1.82, 2.24) is 9.43 Å². The van der Waals surface area contributed by atoms with Crippen LogP contribution in [0.2, 0.25) is 0 Å². The maximum absolute atomic E-state index is 5.79. The number of hydrogen-bond donors (Lipinski definition) is 0. The van der Waals surface area contributed by atoms with Gasteiger partial charge in [-0.25, -0.2) is 4.42 Å². The van der Waals surface area contributed by atoms with Crippen molar-refractivity contribution in [2.45, 2.75) is 25.9 Å². The molecule has 0 N–H and O–H groups in total. The van der Waals surface area contributed by atoms with Gasteiger partial charge in [-0.2, -0.15) is 5.10 Å². The number of hydrazone groups is 1. The standard InChI is InChI=1S/C6H12ClN3/c1-3-4-6-9(2)8-5-10(6)7/h5-6H,3-4H2,1-2H3. The van der Waals surface area contributed by atoms with Gasteiger partial charge in [0.2, 0.25) is 0 Å². The summed E-state index contributed by atoms with van der Waals surface area (Å²) in [6, 6.07) is 0. The Kier molecular flexibility index (Phi) is 2.38. The maximum Gasteiger partial charge on any atom is 0.134 e. The lowest BCUT2D eigenvalue weighted by Gasteiger charge is -2.21. The van der Waals surface area contributed by atoms with Crippen molar-refractivity contribution in [3.63, 3.8) is 0 Å². The molecule has 0 aliphatic carbocycles. The molecule has 0 radical (unpaired) electrons. The zero-order valence-corrected chi connectivity index (χ0v) is 7.04. The largest absolute Gasteiger partial charge is 0.275 e. The summed E-state index contributed by atoms with van der Waals surface area (Å²) < 4.78 is 1.61. The Labute approximate surface area is 66.4 Å². The van der Waals surface area contributed by atoms with Crippen LogP contribution in [0.15, 0.2) is 5.10 Å². The average Bonchev–Trinajstić information content (AvgIpc) is 2.20. The van der Waals surface area contributed by atoms with Crippen LogP contribution in [0.4, 0.5) is 0 Å². The van der Waals surface area contributed by atoms with Crippen molar-refractivity contribution in [2.75, 3.05) is 7.05 Å². The molecule has 1 aliphatic rings. The van der Waals surface area contributed by atoms with Gasteiger partial charge < -0.3 is 0 Å². The Hall–Kier alpha value is -0.440. The minimum absolute atomic E-state index is 0.256. The Bertz CT molecular complexity index is 125. The minimum atomic E-state index is 0.256. The molecule has 0 aromatic heterocycles. The van der Waals surface area contributed by atoms with Crippen LogP contribution in [0.1, 0.15) is 19.8 Å². The van der Waals surface area contributed by atoms with Crippen molar-refractivity contribution in [3.05, 3.63) is 0 Å². The van der Waals surface area contributed by atoms with Gasteiger partial charge in [0.25, 0.3) is 0 Å². The summed E-state index contributed by atoms with van der Waals surface area (Å²) in [5.41, 5.74) is 0. The molecule has 0 aromatic rings. The van der Waals surface area contributed by atoms with Gasteiger partial charge >= 0.3 is 0 Å². The highest BCUT2D eigenvalue weighted by Gasteiger charge is 2.21. The van der Waals surface area contributed by atoms with Crippen LogP contribution < -0.4 is 0 Å². The average molecular weight is 162 g/mol. The monoisotopic (exact) mass is 161 g/mol. The zero-order chi connectivity index (χ0) is 7.56. The molecule has 0 saturated heterocycles. The van der Waals surface area contributed by atoms with E-state index in [1.165, 1.54) is 0 Å². The quantitative estimate of drug-likeness (QED) is 0.571. The summed E-state index contributed by atoms with van der Waals surface area (Å²) in [5, 5.41) is 5.89. The van der Waals surface area contributed by atoms with Crippen molar-refractivity contribution in [2.24, 2.45) is 5.10 Å². The first-order valence-electron chi connectivity index (χ1n) is 3.46. The zero-order valence-electron chi connectivity index (χ0n) is 6.29. The summed E-state index contributed by atoms with van der Waals surface area (Å²) in [5.74, 6) is 0. The highest BCUT2D eigenvalue weighted by molar-refractivity contribution is 6.19. The fourth-order valence-corrected chi connectivity index (χ4v) is 1.28. The highest BCUT2D eigenvalue weighted by atomic mass is 35.5. The topological polar surface area (TPSA) is 18.8 Å². The van der Waals surface area contributed by atoms with Gasteiger partial charge in [0.05, 0.1) is 0 Å². The normalized spacial score (nSPS) is 24.5. The summed E-state index contributed by atoms with van der Waals surface area (Å²) in [7, 11) is 1.93. The third-order valence-corrected chi connectivity index (χ3v) is 1.92. The van der Waals surface area contributed by atoms with Crippen molar-refractivity contribution < 1.29 is 0 Å². The molecular formula is C6H12ClN3. The molecule has 0 aromatic carbocycles. The van der Waals surface area contributed by atoms with E-state index in [0.29, 0.717) is 0 Å². The third kappa shape index (κ3) is 1.34. The molecule has 1 aliphatic heterocycles. The van der Waals surface area contributed by atoms with E-state index in [2.05, 4.69) is 12.0 Å². The Balaban J connectivity index is 2.43. The summed E-state index contributed by atoms with van der Waals surface area (Å²) >= 11 is 5.79. The predicted octanol–water partition coefficient (Wildman–Crippen LogP) is 1.46. The molecule has 0 amide bonds. The second kappa shape index (κ2) is 3.10. The van der Waals surface area contributed by atoms with Crippen LogP contribution in [-0.2, 0) is 0 Å². The van der Waals surface area contributed by atoms with Gasteiger partial charge in [-0.3, -0.25) is 5.01 Å². The first kappa shape index (κ1) is 7.66. The molecule has 1 heterocycles. The first-order valence-corrected chi connectivity index (χ1v) is 3.80. The molecule has 3 nitrogen and oxygen atoms in total. The third-order valence-electron chi connectivity index (χ3n) is 1.61. The van der Waals surface area contributed by atoms with Gasteiger partial charge in [-0.1, -0.05) is 13.3 Å². The van der Waals surface area contributed by atoms with Crippen LogP contribution in [0, 0.1) is 0 Å². The van der Waals surface area contributed by atoms with E-state index in [0.717, 1.165) is 12.8 Å². The molecule has 4 heteroatoms. The second-order valence-electron chi connectivity index (χ2n) is 2.42. The lowest BCUT2D eigenvalue weighted by Crippen LogP contribution is -2.31. The summed E-state index contributed by atoms with van der Waals surface area (Å²) in [4.78, 5) is 0. The van der Waals surface area contributed by atoms with E-state index in [-0.39, 0.29) is 6.17 Å². The number of halogens is 1. The Morgan fingerprint density at radius 2 is 2.40 bits per heavy atom. The van der Waals surface area contributed by atoms with E-state index >= 15 is 0 Å². The fraction of sp³-hybridized carbons (Fsp3) is 0.833. The minimum Gasteiger partial charge on any atom is -0.275 e. The molecule has 10 heavy (non-hydrogen) atoms. The molecule has 0 fully saturated rings. The molecule has 0 spiro atoms. The molecule has 1 rings (SSSR count). The van der Waals surface area contributed by atoms with E-state index in [9.17, 15) is 0 Å². The first-order chi connectivity index (χ1) is 4.75. The molecular weight excluding hydrogens is 150 g/mol. The molecule has 0 saturated carbocycles. The lowest BCUT2D eigenvalue weighted by atomic mass is 10.3. The smallest absolute Gasteiger partial charge is 0.134 e. The van der Waals surface area contributed by atoms with E-state index < -0.39 is 0 Å². The second-order valence-corrected chi connectivity index (χ2v) is 2.81. The van der Waals surface area contributed by atoms with Crippen molar-refractivity contribution in [3.8, 4) is 0 Å². The number of rotatable bonds is 2. The highest BCUT2D eigenvalue weighted by Crippen LogP contribution is 2.16. The summed E-state index contributed by atoms with van der Waals surface area (Å²) in [6.45, 7) is 2.14. The lowest BCUT2D eigenvalue weighted by molar-refractivity contribution is 0.203. The fourth-order valence-electron chi connectivity index (χ4n) is 1.01. The van der Waals surface area contributed by atoms with E-state index in [4.69, 9.17) is 11.8 Å². The molecule has 58 valence electrons. The number of hydrogen-bond acceptors (Lipinski definition) is 3. The van der Waals surface area contributed by atoms with Crippen LogP contribution >= 0.6 is 11.8 Å². The maximum atomic E-state index is 5.79. The molecule has 1 atom stereocenters. The number of nitrogens with zero attached hydrogens (tertiary/aromatic N) is 3. The van der Waals surface area contributed by atoms with Crippen LogP contribution in [0.25, 0.3) is 0 Å². The Morgan fingerprint density at radius 1 is 1.70 bits per heavy atom. The van der Waals surface area contributed by atoms with E-state index in [1.54, 1.807) is 10.8 Å². The SMILES string of the molecule is CCCC1N(Cl)C=NN1C. The molecule has 0 bridgehead atoms. The Morgan fingerprint density at radius 3 is 2.80 bits per heavy atom. The van der Waals surface area contributed by atoms with Crippen molar-refractivity contribution >= 4 is 18.1 Å². The van der Waals surface area contributed by atoms with Crippen molar-refractivity contribution in [1.29, 1.82) is 0 Å². The van der Waals surface area contributed by atoms with Crippen LogP contribution in [0.3, 0.4) is 0 Å². The summed E-state index contributed by atoms with van der Waals surface area (Å²) in [6.07, 6.45) is 4.08. The van der Waals surface area contributed by atoms with Gasteiger partial charge in [-0.15, -0.1) is 0 Å². The van der Waals surface area contributed by atoms with Gasteiger partial charge in [-0.05, 0) is 6.42 Å². The van der Waals surface area contributed by atoms with Gasteiger partial charge in [0.15, 0.2) is 0 Å². The van der Waals surface area contributed by atoms with Gasteiger partial charge in [0.1, 0.15) is 12.5 Å². The predicted molar refractivity (Wildman–Crippen MR) is 42.6 cm³/mol. The van der Waals surface area contributed by atoms with Crippen LogP contribution in [0.5, 0.6) is 0 Å². The van der Waals surface area contributed by atoms with E-state index in [1.807, 2.05) is 12.1 Å².